The maximum Gasteiger partial charge on any atom is -0.0321 e. The molecule has 0 saturated heterocycles. The van der Waals surface area contributed by atoms with Crippen LogP contribution in [0.15, 0.2) is 0 Å². The van der Waals surface area contributed by atoms with Crippen molar-refractivity contribution in [2.75, 3.05) is 0 Å². The predicted molar refractivity (Wildman–Crippen MR) is 106 cm³/mol. The minimum absolute atomic E-state index is 0.520. The highest BCUT2D eigenvalue weighted by atomic mass is 14.4. The first-order valence-corrected chi connectivity index (χ1v) is 10.3. The monoisotopic (exact) mass is 322 g/mol. The Hall–Kier alpha value is 0. The molecule has 0 nitrogen and oxygen atoms in total. The van der Waals surface area contributed by atoms with Gasteiger partial charge in [-0.3, -0.25) is 0 Å². The summed E-state index contributed by atoms with van der Waals surface area (Å²) >= 11 is 0. The highest BCUT2D eigenvalue weighted by Gasteiger charge is 2.32. The van der Waals surface area contributed by atoms with Crippen molar-refractivity contribution < 1.29 is 0 Å². The molecule has 0 bridgehead atoms. The van der Waals surface area contributed by atoms with Crippen LogP contribution in [-0.2, 0) is 0 Å². The molecule has 2 aliphatic rings. The Balaban J connectivity index is 0.000000231. The Morgan fingerprint density at radius 2 is 0.783 bits per heavy atom. The van der Waals surface area contributed by atoms with Gasteiger partial charge in [0.05, 0.1) is 0 Å². The normalized spacial score (nSPS) is 24.0. The Bertz CT molecular complexity index is 324. The summed E-state index contributed by atoms with van der Waals surface area (Å²) in [5.41, 5.74) is 2.39. The molecule has 0 N–H and O–H groups in total. The second-order valence-corrected chi connectivity index (χ2v) is 11.9. The van der Waals surface area contributed by atoms with Gasteiger partial charge in [0.15, 0.2) is 0 Å². The molecule has 0 heteroatoms. The van der Waals surface area contributed by atoms with Crippen LogP contribution in [-0.4, -0.2) is 0 Å². The molecule has 0 heterocycles. The second kappa shape index (κ2) is 7.92. The number of rotatable bonds is 2. The van der Waals surface area contributed by atoms with Gasteiger partial charge in [-0.25, -0.2) is 0 Å². The molecule has 0 spiro atoms. The van der Waals surface area contributed by atoms with Crippen LogP contribution in [0.3, 0.4) is 0 Å². The largest absolute Gasteiger partial charge is 0.0602 e. The third-order valence-electron chi connectivity index (χ3n) is 5.79. The fourth-order valence-corrected chi connectivity index (χ4v) is 5.55. The average molecular weight is 323 g/mol. The van der Waals surface area contributed by atoms with Crippen molar-refractivity contribution in [3.63, 3.8) is 0 Å². The molecule has 23 heavy (non-hydrogen) atoms. The van der Waals surface area contributed by atoms with E-state index in [0.717, 1.165) is 0 Å². The first kappa shape index (κ1) is 21.0. The third kappa shape index (κ3) is 9.16. The molecule has 0 aromatic heterocycles. The molecule has 2 saturated carbocycles. The summed E-state index contributed by atoms with van der Waals surface area (Å²) in [6, 6.07) is 0. The van der Waals surface area contributed by atoms with Crippen LogP contribution in [0.1, 0.15) is 126 Å². The summed E-state index contributed by atoms with van der Waals surface area (Å²) in [6.07, 6.45) is 16.0. The lowest BCUT2D eigenvalue weighted by Crippen LogP contribution is -2.26. The third-order valence-corrected chi connectivity index (χ3v) is 5.79. The van der Waals surface area contributed by atoms with Crippen molar-refractivity contribution in [1.82, 2.24) is 0 Å². The van der Waals surface area contributed by atoms with Crippen LogP contribution in [0.5, 0.6) is 0 Å². The molecule has 0 unspecified atom stereocenters. The standard InChI is InChI=1S/C12H24.C11H22/c1-11(2,3)10-12(4)8-6-5-7-9-12;1-10(2,3)9-11(4)7-5-6-8-11/h5-10H2,1-4H3;5-9H2,1-4H3. The van der Waals surface area contributed by atoms with Gasteiger partial charge in [-0.05, 0) is 60.2 Å². The fraction of sp³-hybridized carbons (Fsp3) is 1.00. The van der Waals surface area contributed by atoms with Crippen molar-refractivity contribution >= 4 is 0 Å². The maximum absolute atomic E-state index is 2.48. The molecule has 0 aliphatic heterocycles. The summed E-state index contributed by atoms with van der Waals surface area (Å²) in [5.74, 6) is 0. The van der Waals surface area contributed by atoms with E-state index >= 15 is 0 Å². The first-order valence-electron chi connectivity index (χ1n) is 10.3. The fourth-order valence-electron chi connectivity index (χ4n) is 5.55. The SMILES string of the molecule is CC(C)(C)CC1(C)CCCC1.CC(C)(C)CC1(C)CCCCC1. The molecule has 0 aromatic carbocycles. The molecule has 0 atom stereocenters. The van der Waals surface area contributed by atoms with E-state index in [1.165, 1.54) is 70.6 Å². The minimum atomic E-state index is 0.520. The van der Waals surface area contributed by atoms with Gasteiger partial charge in [-0.15, -0.1) is 0 Å². The topological polar surface area (TPSA) is 0 Å². The van der Waals surface area contributed by atoms with E-state index < -0.39 is 0 Å². The Morgan fingerprint density at radius 3 is 1.04 bits per heavy atom. The van der Waals surface area contributed by atoms with Crippen LogP contribution in [0, 0.1) is 21.7 Å². The summed E-state index contributed by atoms with van der Waals surface area (Å²) < 4.78 is 0. The Morgan fingerprint density at radius 1 is 0.522 bits per heavy atom. The zero-order chi connectivity index (χ0) is 17.8. The van der Waals surface area contributed by atoms with Gasteiger partial charge in [0.2, 0.25) is 0 Å². The second-order valence-electron chi connectivity index (χ2n) is 11.9. The van der Waals surface area contributed by atoms with Crippen molar-refractivity contribution in [3.05, 3.63) is 0 Å². The average Bonchev–Trinajstić information content (AvgIpc) is 2.71. The van der Waals surface area contributed by atoms with Crippen LogP contribution in [0.4, 0.5) is 0 Å². The van der Waals surface area contributed by atoms with E-state index in [0.29, 0.717) is 21.7 Å². The van der Waals surface area contributed by atoms with E-state index in [1.54, 1.807) is 0 Å². The van der Waals surface area contributed by atoms with Gasteiger partial charge in [-0.2, -0.15) is 0 Å². The lowest BCUT2D eigenvalue weighted by Gasteiger charge is -2.38. The molecule has 2 aliphatic carbocycles. The summed E-state index contributed by atoms with van der Waals surface area (Å²) in [4.78, 5) is 0. The summed E-state index contributed by atoms with van der Waals surface area (Å²) in [7, 11) is 0. The molecule has 0 radical (unpaired) electrons. The molecule has 138 valence electrons. The molecule has 0 aromatic rings. The highest BCUT2D eigenvalue weighted by molar-refractivity contribution is 4.84. The Labute approximate surface area is 148 Å². The summed E-state index contributed by atoms with van der Waals surface area (Å²) in [5, 5.41) is 0. The number of hydrogen-bond acceptors (Lipinski definition) is 0. The zero-order valence-corrected chi connectivity index (χ0v) is 17.8. The van der Waals surface area contributed by atoms with Gasteiger partial charge in [0.1, 0.15) is 0 Å². The highest BCUT2D eigenvalue weighted by Crippen LogP contribution is 2.46. The van der Waals surface area contributed by atoms with Crippen molar-refractivity contribution in [3.8, 4) is 0 Å². The predicted octanol–water partition coefficient (Wildman–Crippen LogP) is 8.40. The van der Waals surface area contributed by atoms with Crippen LogP contribution < -0.4 is 0 Å². The van der Waals surface area contributed by atoms with Crippen molar-refractivity contribution in [1.29, 1.82) is 0 Å². The van der Waals surface area contributed by atoms with Crippen molar-refractivity contribution in [2.24, 2.45) is 21.7 Å². The van der Waals surface area contributed by atoms with E-state index in [2.05, 4.69) is 55.4 Å². The van der Waals surface area contributed by atoms with Crippen LogP contribution >= 0.6 is 0 Å². The van der Waals surface area contributed by atoms with Gasteiger partial charge < -0.3 is 0 Å². The lowest BCUT2D eigenvalue weighted by atomic mass is 9.67. The Kier molecular flexibility index (Phi) is 7.25. The van der Waals surface area contributed by atoms with Gasteiger partial charge in [0, 0.05) is 0 Å². The smallest absolute Gasteiger partial charge is 0.0321 e. The molecule has 2 rings (SSSR count). The minimum Gasteiger partial charge on any atom is -0.0602 e. The zero-order valence-electron chi connectivity index (χ0n) is 17.8. The van der Waals surface area contributed by atoms with E-state index in [4.69, 9.17) is 0 Å². The molecule has 0 amide bonds. The van der Waals surface area contributed by atoms with Gasteiger partial charge in [-0.1, -0.05) is 87.5 Å². The quantitative estimate of drug-likeness (QED) is 0.478. The lowest BCUT2D eigenvalue weighted by molar-refractivity contribution is 0.134. The number of hydrogen-bond donors (Lipinski definition) is 0. The van der Waals surface area contributed by atoms with Crippen LogP contribution in [0.2, 0.25) is 0 Å². The van der Waals surface area contributed by atoms with Gasteiger partial charge >= 0.3 is 0 Å². The van der Waals surface area contributed by atoms with E-state index in [9.17, 15) is 0 Å². The first-order chi connectivity index (χ1) is 10.3. The molecular weight excluding hydrogens is 276 g/mol. The van der Waals surface area contributed by atoms with Gasteiger partial charge in [0.25, 0.3) is 0 Å². The van der Waals surface area contributed by atoms with Crippen molar-refractivity contribution in [2.45, 2.75) is 126 Å². The van der Waals surface area contributed by atoms with E-state index in [1.807, 2.05) is 0 Å². The molecular formula is C23H46. The van der Waals surface area contributed by atoms with E-state index in [-0.39, 0.29) is 0 Å². The molecule has 2 fully saturated rings. The van der Waals surface area contributed by atoms with Crippen LogP contribution in [0.25, 0.3) is 0 Å². The maximum atomic E-state index is 2.48. The summed E-state index contributed by atoms with van der Waals surface area (Å²) in [6.45, 7) is 19.1.